The number of phenols is 1. The van der Waals surface area contributed by atoms with Gasteiger partial charge in [0.2, 0.25) is 0 Å². The molecule has 2 atom stereocenters. The number of hydrogen-bond donors (Lipinski definition) is 1. The summed E-state index contributed by atoms with van der Waals surface area (Å²) in [5, 5.41) is 11.8. The summed E-state index contributed by atoms with van der Waals surface area (Å²) < 4.78 is 17.1. The molecule has 5 rings (SSSR count). The second-order valence-corrected chi connectivity index (χ2v) is 21.5. The Balaban J connectivity index is 1.81. The number of carbonyl (C=O) groups excluding carboxylic acids is 1. The third-order valence-corrected chi connectivity index (χ3v) is 13.5. The molecule has 1 heterocycles. The van der Waals surface area contributed by atoms with Crippen molar-refractivity contribution in [2.75, 3.05) is 0 Å². The topological polar surface area (TPSA) is 71.2 Å². The number of benzene rings is 4. The summed E-state index contributed by atoms with van der Waals surface area (Å²) in [6.07, 6.45) is 3.79. The average Bonchev–Trinajstić information content (AvgIpc) is 3.70. The van der Waals surface area contributed by atoms with Crippen molar-refractivity contribution in [1.82, 2.24) is 0 Å². The van der Waals surface area contributed by atoms with Gasteiger partial charge in [-0.1, -0.05) is 0 Å². The van der Waals surface area contributed by atoms with Crippen LogP contribution in [-0.2, 0) is 39.5 Å². The van der Waals surface area contributed by atoms with Gasteiger partial charge in [0.25, 0.3) is 0 Å². The zero-order valence-electron chi connectivity index (χ0n) is 33.4. The first kappa shape index (κ1) is 39.2. The van der Waals surface area contributed by atoms with E-state index in [0.717, 1.165) is 27.8 Å². The van der Waals surface area contributed by atoms with Gasteiger partial charge in [-0.15, -0.1) is 0 Å². The van der Waals surface area contributed by atoms with Gasteiger partial charge in [-0.2, -0.15) is 0 Å². The van der Waals surface area contributed by atoms with Crippen LogP contribution in [0.3, 0.4) is 0 Å². The van der Waals surface area contributed by atoms with Crippen molar-refractivity contribution in [3.63, 3.8) is 0 Å². The molecule has 0 spiro atoms. The van der Waals surface area contributed by atoms with Crippen molar-refractivity contribution >= 4 is 18.4 Å². The van der Waals surface area contributed by atoms with Crippen LogP contribution >= 0.6 is 0 Å². The molecule has 0 amide bonds. The fourth-order valence-corrected chi connectivity index (χ4v) is 10.8. The molecular formula is C46H58CoN2O3. The molecule has 4 aromatic carbocycles. The van der Waals surface area contributed by atoms with Crippen LogP contribution in [0.15, 0.2) is 93.0 Å². The third kappa shape index (κ3) is 8.29. The first-order chi connectivity index (χ1) is 24.0. The van der Waals surface area contributed by atoms with Crippen LogP contribution in [-0.4, -0.2) is 23.5 Å². The molecule has 0 radical (unpaired) electrons. The van der Waals surface area contributed by atoms with E-state index in [2.05, 4.69) is 156 Å². The summed E-state index contributed by atoms with van der Waals surface area (Å²) >= 11 is -2.57. The van der Waals surface area contributed by atoms with E-state index in [1.165, 1.54) is 18.1 Å². The van der Waals surface area contributed by atoms with Crippen molar-refractivity contribution in [1.29, 1.82) is 0 Å². The first-order valence-corrected chi connectivity index (χ1v) is 20.3. The van der Waals surface area contributed by atoms with Gasteiger partial charge in [-0.3, -0.25) is 0 Å². The van der Waals surface area contributed by atoms with Gasteiger partial charge in [-0.05, 0) is 0 Å². The molecule has 2 unspecified atom stereocenters. The number of phenolic OH excluding ortho intramolecular Hbond substituents is 1. The summed E-state index contributed by atoms with van der Waals surface area (Å²) in [6.45, 7) is 27.4. The number of carbonyl (C=O) groups is 1. The van der Waals surface area contributed by atoms with E-state index < -0.39 is 13.0 Å². The summed E-state index contributed by atoms with van der Waals surface area (Å²) in [5.41, 5.74) is 7.11. The summed E-state index contributed by atoms with van der Waals surface area (Å²) in [6, 6.07) is 29.6. The van der Waals surface area contributed by atoms with Gasteiger partial charge in [0.15, 0.2) is 0 Å². The van der Waals surface area contributed by atoms with E-state index >= 15 is 0 Å². The van der Waals surface area contributed by atoms with Crippen LogP contribution < -0.4 is 4.74 Å². The average molecular weight is 746 g/mol. The van der Waals surface area contributed by atoms with Gasteiger partial charge >= 0.3 is 316 Å². The standard InChI is InChI=1S/C17H24NO2.C15H22NO.C14H12.Co/c1-11(19)20-15-12(10-18)8-13(16(2,3)4)9-14(15)17(5,6)7;1-14(2,3)11-7-10(9-16)13(17)12(8-11)15(4,5)6;1-3-7-13(8-4-1)11-12-14-9-5-2-6-10-14;/h8-10H,1-7H3;7-9,17H,1-6H3;1-12H;/q2*-1;;+2. The summed E-state index contributed by atoms with van der Waals surface area (Å²) in [4.78, 5) is 12.7. The zero-order valence-corrected chi connectivity index (χ0v) is 34.4. The molecule has 279 valence electrons. The molecule has 4 aromatic rings. The van der Waals surface area contributed by atoms with E-state index in [1.807, 2.05) is 24.6 Å². The number of hydrogen-bond acceptors (Lipinski definition) is 5. The molecule has 0 aromatic heterocycles. The quantitative estimate of drug-likeness (QED) is 0.116. The predicted molar refractivity (Wildman–Crippen MR) is 214 cm³/mol. The van der Waals surface area contributed by atoms with Gasteiger partial charge in [-0.25, -0.2) is 0 Å². The molecule has 1 aliphatic rings. The van der Waals surface area contributed by atoms with Gasteiger partial charge in [0.1, 0.15) is 0 Å². The van der Waals surface area contributed by atoms with Gasteiger partial charge in [0, 0.05) is 0 Å². The normalized spacial score (nSPS) is 20.9. The van der Waals surface area contributed by atoms with Gasteiger partial charge < -0.3 is 0 Å². The van der Waals surface area contributed by atoms with E-state index in [9.17, 15) is 9.90 Å². The number of ether oxygens (including phenoxy) is 1. The minimum absolute atomic E-state index is 0.0295. The van der Waals surface area contributed by atoms with Crippen LogP contribution in [0, 0.1) is 0 Å². The Morgan fingerprint density at radius 1 is 0.615 bits per heavy atom. The summed E-state index contributed by atoms with van der Waals surface area (Å²) in [5.74, 6) is 0.425. The Kier molecular flexibility index (Phi) is 10.6. The Labute approximate surface area is 315 Å². The third-order valence-electron chi connectivity index (χ3n) is 9.48. The molecule has 0 aliphatic carbocycles. The molecule has 52 heavy (non-hydrogen) atoms. The SMILES string of the molecule is CC(=O)Oc1c(C=[N][Co]2([N]=Cc3cc(C(C)(C)C)cc(C(C)(C)C)c3O)[CH](c3ccccc3)[CH]2c2ccccc2)cc(C(C)(C)C)cc1C(C)(C)C. The Morgan fingerprint density at radius 3 is 1.42 bits per heavy atom. The van der Waals surface area contributed by atoms with Gasteiger partial charge in [0.05, 0.1) is 0 Å². The number of esters is 1. The summed E-state index contributed by atoms with van der Waals surface area (Å²) in [7, 11) is 0. The van der Waals surface area contributed by atoms with E-state index in [-0.39, 0.29) is 43.1 Å². The Bertz CT molecular complexity index is 1940. The molecule has 0 bridgehead atoms. The molecule has 5 nitrogen and oxygen atoms in total. The first-order valence-electron chi connectivity index (χ1n) is 18.2. The van der Waals surface area contributed by atoms with Crippen LogP contribution in [0.2, 0.25) is 0 Å². The monoisotopic (exact) mass is 745 g/mol. The molecule has 1 saturated heterocycles. The maximum atomic E-state index is 12.6. The van der Waals surface area contributed by atoms with E-state index in [1.54, 1.807) is 0 Å². The van der Waals surface area contributed by atoms with Crippen LogP contribution in [0.5, 0.6) is 11.5 Å². The van der Waals surface area contributed by atoms with Crippen LogP contribution in [0.25, 0.3) is 0 Å². The molecule has 6 heteroatoms. The van der Waals surface area contributed by atoms with E-state index in [0.29, 0.717) is 11.3 Å². The number of aromatic hydroxyl groups is 1. The second-order valence-electron chi connectivity index (χ2n) is 18.0. The van der Waals surface area contributed by atoms with Crippen molar-refractivity contribution in [2.24, 2.45) is 8.08 Å². The van der Waals surface area contributed by atoms with Crippen LogP contribution in [0.4, 0.5) is 0 Å². The Hall–Kier alpha value is -4.00. The minimum atomic E-state index is -2.57. The maximum absolute atomic E-state index is 12.6. The number of nitrogens with zero attached hydrogens (tertiary/aromatic N) is 2. The fourth-order valence-electron chi connectivity index (χ4n) is 6.35. The van der Waals surface area contributed by atoms with Crippen molar-refractivity contribution in [3.05, 3.63) is 129 Å². The van der Waals surface area contributed by atoms with Crippen molar-refractivity contribution < 1.29 is 27.7 Å². The zero-order chi connectivity index (χ0) is 38.4. The van der Waals surface area contributed by atoms with E-state index in [4.69, 9.17) is 12.8 Å². The second kappa shape index (κ2) is 14.1. The molecular weight excluding hydrogens is 687 g/mol. The molecule has 1 fully saturated rings. The predicted octanol–water partition coefficient (Wildman–Crippen LogP) is 11.5. The van der Waals surface area contributed by atoms with Crippen molar-refractivity contribution in [2.45, 2.75) is 121 Å². The molecule has 0 saturated carbocycles. The Morgan fingerprint density at radius 2 is 1.02 bits per heavy atom. The van der Waals surface area contributed by atoms with Crippen molar-refractivity contribution in [3.8, 4) is 11.5 Å². The molecule has 1 N–H and O–H groups in total. The van der Waals surface area contributed by atoms with Crippen LogP contribution in [0.1, 0.15) is 144 Å². The molecule has 1 aliphatic heterocycles. The number of rotatable bonds is 7. The fraction of sp³-hybridized carbons (Fsp3) is 0.413.